The van der Waals surface area contributed by atoms with Gasteiger partial charge in [0.2, 0.25) is 0 Å². The summed E-state index contributed by atoms with van der Waals surface area (Å²) in [4.78, 5) is 20.3. The summed E-state index contributed by atoms with van der Waals surface area (Å²) in [6.07, 6.45) is 1.05. The zero-order valence-electron chi connectivity index (χ0n) is 20.8. The molecule has 2 atom stereocenters. The van der Waals surface area contributed by atoms with Gasteiger partial charge in [-0.1, -0.05) is 11.6 Å². The Morgan fingerprint density at radius 2 is 2.03 bits per heavy atom. The van der Waals surface area contributed by atoms with E-state index in [-0.39, 0.29) is 17.7 Å². The minimum Gasteiger partial charge on any atom is -0.598 e. The lowest BCUT2D eigenvalue weighted by atomic mass is 10.1. The Balaban J connectivity index is 2.10. The summed E-state index contributed by atoms with van der Waals surface area (Å²) in [6, 6.07) is 5.05. The molecular weight excluding hydrogens is 494 g/mol. The second-order valence-electron chi connectivity index (χ2n) is 10.1. The van der Waals surface area contributed by atoms with Crippen molar-refractivity contribution in [2.45, 2.75) is 78.3 Å². The molecule has 1 N–H and O–H groups in total. The van der Waals surface area contributed by atoms with E-state index in [0.717, 1.165) is 15.1 Å². The van der Waals surface area contributed by atoms with Crippen molar-refractivity contribution in [2.24, 2.45) is 0 Å². The van der Waals surface area contributed by atoms with Crippen LogP contribution in [0.5, 0.6) is 0 Å². The SMILES string of the molecule is Cc1c([C@@H](C)N[S+]([O-])C(C)(C)C)sc2c(N(Cc3ccco3)C(=O)OC(C)(C)C)cc(Cl)nc12. The van der Waals surface area contributed by atoms with Gasteiger partial charge in [-0.05, 0) is 73.1 Å². The Morgan fingerprint density at radius 3 is 2.59 bits per heavy atom. The van der Waals surface area contributed by atoms with Crippen LogP contribution in [0.25, 0.3) is 10.2 Å². The van der Waals surface area contributed by atoms with Crippen molar-refractivity contribution in [3.8, 4) is 0 Å². The first-order valence-corrected chi connectivity index (χ1v) is 13.3. The van der Waals surface area contributed by atoms with Gasteiger partial charge in [0, 0.05) is 22.3 Å². The van der Waals surface area contributed by atoms with E-state index >= 15 is 0 Å². The molecule has 0 aliphatic carbocycles. The first-order chi connectivity index (χ1) is 15.7. The molecule has 0 aliphatic rings. The molecular formula is C24H32ClN3O4S2. The van der Waals surface area contributed by atoms with Crippen LogP contribution in [-0.4, -0.2) is 26.0 Å². The van der Waals surface area contributed by atoms with Crippen LogP contribution in [-0.2, 0) is 22.6 Å². The van der Waals surface area contributed by atoms with Crippen molar-refractivity contribution in [2.75, 3.05) is 4.90 Å². The van der Waals surface area contributed by atoms with Gasteiger partial charge in [0.05, 0.1) is 34.8 Å². The van der Waals surface area contributed by atoms with Crippen molar-refractivity contribution >= 4 is 56.3 Å². The van der Waals surface area contributed by atoms with E-state index in [1.54, 1.807) is 24.5 Å². The Kier molecular flexibility index (Phi) is 7.94. The second-order valence-corrected chi connectivity index (χ2v) is 13.5. The third-order valence-corrected chi connectivity index (χ3v) is 8.25. The Morgan fingerprint density at radius 1 is 1.35 bits per heavy atom. The van der Waals surface area contributed by atoms with Crippen molar-refractivity contribution in [1.82, 2.24) is 9.71 Å². The number of hydrogen-bond acceptors (Lipinski definition) is 7. The van der Waals surface area contributed by atoms with Gasteiger partial charge in [-0.3, -0.25) is 4.90 Å². The standard InChI is InChI=1S/C24H32ClN3O4S2/c1-14-19-21(33-20(14)15(2)27-34(30)24(6,7)8)17(12-18(25)26-19)28(13-16-10-9-11-31-16)22(29)32-23(3,4)5/h9-12,15,27H,13H2,1-8H3/t15-,34?/m1/s1. The average Bonchev–Trinajstić information content (AvgIpc) is 3.32. The summed E-state index contributed by atoms with van der Waals surface area (Å²) in [7, 11) is 0. The predicted molar refractivity (Wildman–Crippen MR) is 140 cm³/mol. The number of aromatic nitrogens is 1. The van der Waals surface area contributed by atoms with Crippen LogP contribution >= 0.6 is 22.9 Å². The first kappa shape index (κ1) is 26.8. The molecule has 1 unspecified atom stereocenters. The molecule has 0 saturated carbocycles. The summed E-state index contributed by atoms with van der Waals surface area (Å²) >= 11 is 6.67. The predicted octanol–water partition coefficient (Wildman–Crippen LogP) is 6.91. The maximum atomic E-state index is 13.3. The monoisotopic (exact) mass is 525 g/mol. The number of hydrogen-bond donors (Lipinski definition) is 1. The highest BCUT2D eigenvalue weighted by molar-refractivity contribution is 7.90. The average molecular weight is 526 g/mol. The number of pyridine rings is 1. The number of anilines is 1. The van der Waals surface area contributed by atoms with Crippen molar-refractivity contribution in [3.05, 3.63) is 45.8 Å². The van der Waals surface area contributed by atoms with Gasteiger partial charge in [-0.2, -0.15) is 0 Å². The summed E-state index contributed by atoms with van der Waals surface area (Å²) in [5.74, 6) is 0.607. The third-order valence-electron chi connectivity index (χ3n) is 4.89. The number of nitrogens with zero attached hydrogens (tertiary/aromatic N) is 2. The molecule has 0 fully saturated rings. The molecule has 3 aromatic rings. The fraction of sp³-hybridized carbons (Fsp3) is 0.500. The molecule has 3 heterocycles. The van der Waals surface area contributed by atoms with Gasteiger partial charge in [0.25, 0.3) is 0 Å². The van der Waals surface area contributed by atoms with E-state index in [1.807, 2.05) is 55.4 Å². The Bertz CT molecular complexity index is 1150. The topological polar surface area (TPSA) is 90.7 Å². The molecule has 1 amide bonds. The van der Waals surface area contributed by atoms with Crippen LogP contribution in [0.2, 0.25) is 5.15 Å². The Hall–Kier alpha value is -1.78. The number of rotatable bonds is 6. The lowest BCUT2D eigenvalue weighted by Gasteiger charge is -2.27. The van der Waals surface area contributed by atoms with Gasteiger partial charge in [0.1, 0.15) is 21.3 Å². The molecule has 186 valence electrons. The first-order valence-electron chi connectivity index (χ1n) is 11.0. The molecule has 0 saturated heterocycles. The maximum Gasteiger partial charge on any atom is 0.415 e. The molecule has 0 bridgehead atoms. The quantitative estimate of drug-likeness (QED) is 0.278. The second kappa shape index (κ2) is 10.1. The van der Waals surface area contributed by atoms with E-state index in [9.17, 15) is 9.35 Å². The van der Waals surface area contributed by atoms with E-state index in [0.29, 0.717) is 17.0 Å². The number of carbonyl (C=O) groups excluding carboxylic acids is 1. The van der Waals surface area contributed by atoms with Crippen molar-refractivity contribution < 1.29 is 18.5 Å². The molecule has 7 nitrogen and oxygen atoms in total. The van der Waals surface area contributed by atoms with Crippen LogP contribution in [0.1, 0.15) is 70.7 Å². The molecule has 3 aromatic heterocycles. The highest BCUT2D eigenvalue weighted by Crippen LogP contribution is 2.41. The number of furan rings is 1. The minimum absolute atomic E-state index is 0.172. The maximum absolute atomic E-state index is 13.3. The molecule has 0 aromatic carbocycles. The number of thiophene rings is 1. The number of aryl methyl sites for hydroxylation is 1. The normalized spacial score (nSPS) is 14.3. The number of amides is 1. The van der Waals surface area contributed by atoms with Crippen LogP contribution in [0.4, 0.5) is 10.5 Å². The molecule has 34 heavy (non-hydrogen) atoms. The van der Waals surface area contributed by atoms with Crippen LogP contribution in [0, 0.1) is 6.92 Å². The van der Waals surface area contributed by atoms with E-state index < -0.39 is 27.8 Å². The lowest BCUT2D eigenvalue weighted by Crippen LogP contribution is -2.40. The Labute approximate surface area is 213 Å². The number of ether oxygens (including phenoxy) is 1. The van der Waals surface area contributed by atoms with Crippen LogP contribution in [0.3, 0.4) is 0 Å². The zero-order chi connectivity index (χ0) is 25.4. The van der Waals surface area contributed by atoms with Crippen LogP contribution in [0.15, 0.2) is 28.9 Å². The summed E-state index contributed by atoms with van der Waals surface area (Å²) in [6.45, 7) is 15.3. The largest absolute Gasteiger partial charge is 0.598 e. The van der Waals surface area contributed by atoms with E-state index in [4.69, 9.17) is 20.8 Å². The van der Waals surface area contributed by atoms with Gasteiger partial charge in [-0.15, -0.1) is 16.1 Å². The fourth-order valence-electron chi connectivity index (χ4n) is 3.28. The van der Waals surface area contributed by atoms with Gasteiger partial charge in [0.15, 0.2) is 0 Å². The smallest absolute Gasteiger partial charge is 0.415 e. The number of fused-ring (bicyclic) bond motifs is 1. The highest BCUT2D eigenvalue weighted by Gasteiger charge is 2.31. The summed E-state index contributed by atoms with van der Waals surface area (Å²) in [5.41, 5.74) is 1.53. The van der Waals surface area contributed by atoms with Gasteiger partial charge < -0.3 is 13.7 Å². The molecule has 3 rings (SSSR count). The third kappa shape index (κ3) is 6.26. The molecule has 0 radical (unpaired) electrons. The summed E-state index contributed by atoms with van der Waals surface area (Å²) < 4.78 is 27.5. The summed E-state index contributed by atoms with van der Waals surface area (Å²) in [5, 5.41) is 0.266. The zero-order valence-corrected chi connectivity index (χ0v) is 23.2. The molecule has 0 spiro atoms. The number of halogens is 1. The van der Waals surface area contributed by atoms with Crippen molar-refractivity contribution in [1.29, 1.82) is 0 Å². The molecule has 0 aliphatic heterocycles. The highest BCUT2D eigenvalue weighted by atomic mass is 35.5. The van der Waals surface area contributed by atoms with Gasteiger partial charge >= 0.3 is 6.09 Å². The number of nitrogens with one attached hydrogen (secondary N) is 1. The van der Waals surface area contributed by atoms with Crippen molar-refractivity contribution in [3.63, 3.8) is 0 Å². The minimum atomic E-state index is -1.24. The van der Waals surface area contributed by atoms with Gasteiger partial charge in [-0.25, -0.2) is 9.78 Å². The molecule has 10 heteroatoms. The number of carbonyl (C=O) groups is 1. The van der Waals surface area contributed by atoms with Crippen LogP contribution < -0.4 is 9.62 Å². The van der Waals surface area contributed by atoms with E-state index in [2.05, 4.69) is 9.71 Å². The van der Waals surface area contributed by atoms with E-state index in [1.165, 1.54) is 16.2 Å². The fourth-order valence-corrected chi connectivity index (χ4v) is 5.60. The lowest BCUT2D eigenvalue weighted by molar-refractivity contribution is 0.0575.